The van der Waals surface area contributed by atoms with E-state index in [0.29, 0.717) is 19.1 Å². The Morgan fingerprint density at radius 1 is 1.17 bits per heavy atom. The second-order valence-electron chi connectivity index (χ2n) is 6.62. The topological polar surface area (TPSA) is 65.9 Å². The van der Waals surface area contributed by atoms with Crippen LogP contribution in [0.2, 0.25) is 0 Å². The number of nitrogens with zero attached hydrogens (tertiary/aromatic N) is 1. The van der Waals surface area contributed by atoms with E-state index in [1.807, 2.05) is 50.2 Å². The van der Waals surface area contributed by atoms with E-state index in [2.05, 4.69) is 15.6 Å². The number of ether oxygens (including phenoxy) is 1. The SMILES string of the molecule is CCNC(=NCC(O)COCc1ccccc1)NCCc1ccc(F)cc1C.I. The van der Waals surface area contributed by atoms with E-state index in [0.717, 1.165) is 29.7 Å². The summed E-state index contributed by atoms with van der Waals surface area (Å²) in [5.41, 5.74) is 3.11. The molecule has 0 aliphatic heterocycles. The van der Waals surface area contributed by atoms with Crippen molar-refractivity contribution < 1.29 is 14.2 Å². The van der Waals surface area contributed by atoms with Gasteiger partial charge in [0.2, 0.25) is 0 Å². The highest BCUT2D eigenvalue weighted by Gasteiger charge is 2.06. The number of rotatable bonds is 10. The summed E-state index contributed by atoms with van der Waals surface area (Å²) in [5.74, 6) is 0.428. The Morgan fingerprint density at radius 3 is 2.62 bits per heavy atom. The number of aliphatic hydroxyl groups is 1. The molecule has 0 amide bonds. The van der Waals surface area contributed by atoms with Crippen molar-refractivity contribution in [1.82, 2.24) is 10.6 Å². The lowest BCUT2D eigenvalue weighted by molar-refractivity contribution is 0.0331. The van der Waals surface area contributed by atoms with Crippen molar-refractivity contribution in [2.45, 2.75) is 33.0 Å². The van der Waals surface area contributed by atoms with Gasteiger partial charge in [-0.05, 0) is 49.1 Å². The Hall–Kier alpha value is -1.71. The first-order valence-electron chi connectivity index (χ1n) is 9.65. The van der Waals surface area contributed by atoms with Gasteiger partial charge in [0.1, 0.15) is 5.82 Å². The highest BCUT2D eigenvalue weighted by atomic mass is 127. The number of aliphatic hydroxyl groups excluding tert-OH is 1. The largest absolute Gasteiger partial charge is 0.389 e. The van der Waals surface area contributed by atoms with Crippen LogP contribution in [0.4, 0.5) is 4.39 Å². The van der Waals surface area contributed by atoms with Crippen LogP contribution in [0.5, 0.6) is 0 Å². The molecule has 160 valence electrons. The lowest BCUT2D eigenvalue weighted by atomic mass is 10.1. The quantitative estimate of drug-likeness (QED) is 0.258. The molecule has 0 aliphatic carbocycles. The monoisotopic (exact) mass is 515 g/mol. The van der Waals surface area contributed by atoms with Gasteiger partial charge in [-0.25, -0.2) is 4.39 Å². The van der Waals surface area contributed by atoms with Crippen molar-refractivity contribution in [3.05, 3.63) is 71.0 Å². The van der Waals surface area contributed by atoms with Gasteiger partial charge in [-0.3, -0.25) is 4.99 Å². The molecule has 2 rings (SSSR count). The fraction of sp³-hybridized carbons (Fsp3) is 0.409. The zero-order valence-corrected chi connectivity index (χ0v) is 19.4. The van der Waals surface area contributed by atoms with Crippen LogP contribution < -0.4 is 10.6 Å². The van der Waals surface area contributed by atoms with Gasteiger partial charge in [-0.1, -0.05) is 36.4 Å². The fourth-order valence-electron chi connectivity index (χ4n) is 2.73. The van der Waals surface area contributed by atoms with E-state index in [-0.39, 0.29) is 42.9 Å². The summed E-state index contributed by atoms with van der Waals surface area (Å²) < 4.78 is 18.7. The minimum absolute atomic E-state index is 0. The van der Waals surface area contributed by atoms with Crippen molar-refractivity contribution in [3.8, 4) is 0 Å². The smallest absolute Gasteiger partial charge is 0.191 e. The predicted octanol–water partition coefficient (Wildman–Crippen LogP) is 3.43. The van der Waals surface area contributed by atoms with Crippen molar-refractivity contribution in [2.75, 3.05) is 26.2 Å². The number of aryl methyl sites for hydroxylation is 1. The Balaban J connectivity index is 0.00000420. The molecule has 0 spiro atoms. The molecule has 0 bridgehead atoms. The minimum atomic E-state index is -0.668. The van der Waals surface area contributed by atoms with Crippen LogP contribution in [0.3, 0.4) is 0 Å². The second-order valence-corrected chi connectivity index (χ2v) is 6.62. The summed E-state index contributed by atoms with van der Waals surface area (Å²) in [5, 5.41) is 16.5. The first kappa shape index (κ1) is 25.3. The standard InChI is InChI=1S/C22H30FN3O2.HI/c1-3-24-22(25-12-11-19-9-10-20(23)13-17(19)2)26-14-21(27)16-28-15-18-7-5-4-6-8-18;/h4-10,13,21,27H,3,11-12,14-16H2,1-2H3,(H2,24,25,26);1H. The minimum Gasteiger partial charge on any atom is -0.389 e. The van der Waals surface area contributed by atoms with Crippen LogP contribution in [0.1, 0.15) is 23.6 Å². The molecule has 1 unspecified atom stereocenters. The van der Waals surface area contributed by atoms with E-state index < -0.39 is 6.10 Å². The van der Waals surface area contributed by atoms with Gasteiger partial charge < -0.3 is 20.5 Å². The first-order valence-corrected chi connectivity index (χ1v) is 9.65. The average molecular weight is 515 g/mol. The van der Waals surface area contributed by atoms with Crippen molar-refractivity contribution in [2.24, 2.45) is 4.99 Å². The van der Waals surface area contributed by atoms with Crippen LogP contribution in [-0.4, -0.2) is 43.4 Å². The number of hydrogen-bond acceptors (Lipinski definition) is 3. The van der Waals surface area contributed by atoms with E-state index in [1.54, 1.807) is 6.07 Å². The zero-order chi connectivity index (χ0) is 20.2. The Kier molecular flexibility index (Phi) is 12.5. The number of halogens is 2. The van der Waals surface area contributed by atoms with Crippen molar-refractivity contribution in [1.29, 1.82) is 0 Å². The maximum atomic E-state index is 13.2. The molecular weight excluding hydrogens is 484 g/mol. The summed E-state index contributed by atoms with van der Waals surface area (Å²) in [6.07, 6.45) is 0.0951. The fourth-order valence-corrected chi connectivity index (χ4v) is 2.73. The summed E-state index contributed by atoms with van der Waals surface area (Å²) in [4.78, 5) is 4.41. The van der Waals surface area contributed by atoms with Gasteiger partial charge >= 0.3 is 0 Å². The lowest BCUT2D eigenvalue weighted by Crippen LogP contribution is -2.39. The molecule has 7 heteroatoms. The van der Waals surface area contributed by atoms with Crippen LogP contribution >= 0.6 is 24.0 Å². The molecule has 2 aromatic carbocycles. The van der Waals surface area contributed by atoms with Crippen LogP contribution in [0, 0.1) is 12.7 Å². The van der Waals surface area contributed by atoms with Crippen LogP contribution in [0.25, 0.3) is 0 Å². The second kappa shape index (κ2) is 14.3. The predicted molar refractivity (Wildman–Crippen MR) is 126 cm³/mol. The van der Waals surface area contributed by atoms with Gasteiger partial charge in [-0.2, -0.15) is 0 Å². The van der Waals surface area contributed by atoms with Crippen molar-refractivity contribution in [3.63, 3.8) is 0 Å². The lowest BCUT2D eigenvalue weighted by Gasteiger charge is -2.14. The van der Waals surface area contributed by atoms with Gasteiger partial charge in [0.15, 0.2) is 5.96 Å². The molecule has 29 heavy (non-hydrogen) atoms. The molecular formula is C22H31FIN3O2. The van der Waals surface area contributed by atoms with Gasteiger partial charge in [-0.15, -0.1) is 24.0 Å². The molecule has 3 N–H and O–H groups in total. The first-order chi connectivity index (χ1) is 13.6. The van der Waals surface area contributed by atoms with E-state index in [9.17, 15) is 9.50 Å². The molecule has 2 aromatic rings. The van der Waals surface area contributed by atoms with Crippen molar-refractivity contribution >= 4 is 29.9 Å². The Bertz CT molecular complexity index is 744. The summed E-state index contributed by atoms with van der Waals surface area (Å²) in [7, 11) is 0. The van der Waals surface area contributed by atoms with Gasteiger partial charge in [0.05, 0.1) is 25.9 Å². The normalized spacial score (nSPS) is 12.2. The van der Waals surface area contributed by atoms with Gasteiger partial charge in [0, 0.05) is 13.1 Å². The van der Waals surface area contributed by atoms with E-state index in [4.69, 9.17) is 4.74 Å². The molecule has 0 aromatic heterocycles. The molecule has 0 saturated heterocycles. The average Bonchev–Trinajstić information content (AvgIpc) is 2.68. The van der Waals surface area contributed by atoms with Crippen LogP contribution in [0.15, 0.2) is 53.5 Å². The third kappa shape index (κ3) is 10.0. The number of aliphatic imine (C=N–C) groups is 1. The van der Waals surface area contributed by atoms with E-state index in [1.165, 1.54) is 6.07 Å². The summed E-state index contributed by atoms with van der Waals surface area (Å²) in [6, 6.07) is 14.7. The summed E-state index contributed by atoms with van der Waals surface area (Å²) in [6.45, 7) is 6.23. The molecule has 0 heterocycles. The number of benzene rings is 2. The number of nitrogens with one attached hydrogen (secondary N) is 2. The summed E-state index contributed by atoms with van der Waals surface area (Å²) >= 11 is 0. The van der Waals surface area contributed by atoms with Gasteiger partial charge in [0.25, 0.3) is 0 Å². The molecule has 1 atom stereocenters. The molecule has 5 nitrogen and oxygen atoms in total. The highest BCUT2D eigenvalue weighted by Crippen LogP contribution is 2.10. The molecule has 0 fully saturated rings. The molecule has 0 aliphatic rings. The maximum absolute atomic E-state index is 13.2. The Morgan fingerprint density at radius 2 is 1.93 bits per heavy atom. The Labute approximate surface area is 189 Å². The third-order valence-corrected chi connectivity index (χ3v) is 4.22. The third-order valence-electron chi connectivity index (χ3n) is 4.22. The van der Waals surface area contributed by atoms with E-state index >= 15 is 0 Å². The zero-order valence-electron chi connectivity index (χ0n) is 17.0. The number of guanidine groups is 1. The molecule has 0 saturated carbocycles. The number of hydrogen-bond donors (Lipinski definition) is 3. The molecule has 0 radical (unpaired) electrons. The van der Waals surface area contributed by atoms with Crippen LogP contribution in [-0.2, 0) is 17.8 Å². The maximum Gasteiger partial charge on any atom is 0.191 e. The highest BCUT2D eigenvalue weighted by molar-refractivity contribution is 14.0.